The van der Waals surface area contributed by atoms with E-state index in [9.17, 15) is 4.79 Å². The van der Waals surface area contributed by atoms with Crippen LogP contribution in [-0.4, -0.2) is 31.9 Å². The van der Waals surface area contributed by atoms with Gasteiger partial charge >= 0.3 is 0 Å². The minimum atomic E-state index is -0.0592. The van der Waals surface area contributed by atoms with Crippen molar-refractivity contribution in [2.24, 2.45) is 0 Å². The van der Waals surface area contributed by atoms with E-state index < -0.39 is 0 Å². The molecule has 0 aliphatic carbocycles. The van der Waals surface area contributed by atoms with Gasteiger partial charge in [0.2, 0.25) is 5.91 Å². The first-order chi connectivity index (χ1) is 9.63. The molecule has 6 nitrogen and oxygen atoms in total. The number of nitrogens with one attached hydrogen (secondary N) is 1. The number of thiol groups is 1. The summed E-state index contributed by atoms with van der Waals surface area (Å²) in [5.74, 6) is 1.07. The molecule has 7 heteroatoms. The Hall–Kier alpha value is -1.89. The van der Waals surface area contributed by atoms with E-state index in [1.54, 1.807) is 4.68 Å². The molecule has 1 aromatic carbocycles. The fraction of sp³-hybridized carbons (Fsp3) is 0.385. The zero-order valence-electron chi connectivity index (χ0n) is 11.5. The molecule has 2 aromatic rings. The highest BCUT2D eigenvalue weighted by atomic mass is 32.1. The van der Waals surface area contributed by atoms with Gasteiger partial charge in [-0.2, -0.15) is 17.3 Å². The molecule has 0 bridgehead atoms. The summed E-state index contributed by atoms with van der Waals surface area (Å²) in [7, 11) is 0. The van der Waals surface area contributed by atoms with Crippen LogP contribution in [-0.2, 0) is 11.3 Å². The van der Waals surface area contributed by atoms with E-state index in [0.717, 1.165) is 16.8 Å². The van der Waals surface area contributed by atoms with Crippen molar-refractivity contribution in [3.05, 3.63) is 35.2 Å². The van der Waals surface area contributed by atoms with Crippen LogP contribution in [0.25, 0.3) is 5.69 Å². The zero-order valence-corrected chi connectivity index (χ0v) is 12.4. The smallest absolute Gasteiger partial charge is 0.221 e. The van der Waals surface area contributed by atoms with Gasteiger partial charge in [-0.25, -0.2) is 0 Å². The Bertz CT molecular complexity index is 590. The summed E-state index contributed by atoms with van der Waals surface area (Å²) in [6, 6.07) is 6.01. The number of carbonyl (C=O) groups excluding carboxylic acids is 1. The first-order valence-electron chi connectivity index (χ1n) is 6.35. The van der Waals surface area contributed by atoms with Crippen molar-refractivity contribution >= 4 is 18.5 Å². The second-order valence-electron chi connectivity index (χ2n) is 4.50. The van der Waals surface area contributed by atoms with Gasteiger partial charge < -0.3 is 5.32 Å². The van der Waals surface area contributed by atoms with Crippen LogP contribution in [0.1, 0.15) is 23.4 Å². The molecule has 0 radical (unpaired) electrons. The fourth-order valence-corrected chi connectivity index (χ4v) is 2.20. The average Bonchev–Trinajstić information content (AvgIpc) is 2.85. The Labute approximate surface area is 123 Å². The number of tetrazole rings is 1. The number of hydrogen-bond donors (Lipinski definition) is 2. The molecule has 0 fully saturated rings. The predicted octanol–water partition coefficient (Wildman–Crippen LogP) is 1.22. The monoisotopic (exact) mass is 291 g/mol. The Kier molecular flexibility index (Phi) is 4.73. The molecule has 0 aliphatic rings. The van der Waals surface area contributed by atoms with Crippen LogP contribution in [0.5, 0.6) is 0 Å². The Balaban J connectivity index is 2.23. The zero-order chi connectivity index (χ0) is 14.5. The van der Waals surface area contributed by atoms with Crippen LogP contribution in [0.15, 0.2) is 18.2 Å². The summed E-state index contributed by atoms with van der Waals surface area (Å²) >= 11 is 4.03. The van der Waals surface area contributed by atoms with E-state index >= 15 is 0 Å². The maximum absolute atomic E-state index is 11.5. The van der Waals surface area contributed by atoms with Gasteiger partial charge in [0, 0.05) is 6.42 Å². The lowest BCUT2D eigenvalue weighted by Crippen LogP contribution is -2.25. The molecule has 1 N–H and O–H groups in total. The molecule has 1 amide bonds. The molecular formula is C13H17N5OS. The SMILES string of the molecule is Cc1cccc(C)c1-n1nnnc1CNC(=O)CCS. The number of nitrogens with zero attached hydrogens (tertiary/aromatic N) is 4. The lowest BCUT2D eigenvalue weighted by atomic mass is 10.1. The fourth-order valence-electron chi connectivity index (χ4n) is 2.00. The Morgan fingerprint density at radius 3 is 2.70 bits per heavy atom. The van der Waals surface area contributed by atoms with Crippen LogP contribution in [0.3, 0.4) is 0 Å². The van der Waals surface area contributed by atoms with Crippen molar-refractivity contribution < 1.29 is 4.79 Å². The molecule has 0 saturated carbocycles. The minimum absolute atomic E-state index is 0.0592. The van der Waals surface area contributed by atoms with Gasteiger partial charge in [0.15, 0.2) is 5.82 Å². The molecule has 1 heterocycles. The second kappa shape index (κ2) is 6.51. The highest BCUT2D eigenvalue weighted by molar-refractivity contribution is 7.80. The lowest BCUT2D eigenvalue weighted by Gasteiger charge is -2.11. The van der Waals surface area contributed by atoms with Crippen molar-refractivity contribution in [2.75, 3.05) is 5.75 Å². The normalized spacial score (nSPS) is 10.6. The van der Waals surface area contributed by atoms with E-state index in [2.05, 4.69) is 33.5 Å². The molecule has 0 atom stereocenters. The van der Waals surface area contributed by atoms with E-state index in [-0.39, 0.29) is 5.91 Å². The third kappa shape index (κ3) is 3.16. The van der Waals surface area contributed by atoms with E-state index in [0.29, 0.717) is 24.5 Å². The standard InChI is InChI=1S/C13H17N5OS/c1-9-4-3-5-10(2)13(9)18-11(15-16-17-18)8-14-12(19)6-7-20/h3-5,20H,6-8H2,1-2H3,(H,14,19). The molecule has 20 heavy (non-hydrogen) atoms. The third-order valence-electron chi connectivity index (χ3n) is 2.97. The molecule has 106 valence electrons. The summed E-state index contributed by atoms with van der Waals surface area (Å²) in [5, 5.41) is 14.5. The van der Waals surface area contributed by atoms with Crippen LogP contribution in [0.2, 0.25) is 0 Å². The summed E-state index contributed by atoms with van der Waals surface area (Å²) in [6.45, 7) is 4.31. The molecule has 0 spiro atoms. The van der Waals surface area contributed by atoms with Gasteiger partial charge in [0.25, 0.3) is 0 Å². The first kappa shape index (κ1) is 14.5. The van der Waals surface area contributed by atoms with Crippen molar-refractivity contribution in [3.63, 3.8) is 0 Å². The van der Waals surface area contributed by atoms with E-state index in [1.807, 2.05) is 32.0 Å². The van der Waals surface area contributed by atoms with Crippen molar-refractivity contribution in [1.29, 1.82) is 0 Å². The largest absolute Gasteiger partial charge is 0.349 e. The molecule has 1 aromatic heterocycles. The number of amides is 1. The third-order valence-corrected chi connectivity index (χ3v) is 3.19. The van der Waals surface area contributed by atoms with Gasteiger partial charge in [-0.3, -0.25) is 4.79 Å². The van der Waals surface area contributed by atoms with Crippen molar-refractivity contribution in [1.82, 2.24) is 25.5 Å². The Morgan fingerprint density at radius 2 is 2.05 bits per heavy atom. The first-order valence-corrected chi connectivity index (χ1v) is 6.98. The molecule has 2 rings (SSSR count). The number of para-hydroxylation sites is 1. The van der Waals surface area contributed by atoms with Crippen LogP contribution in [0.4, 0.5) is 0 Å². The summed E-state index contributed by atoms with van der Waals surface area (Å²) < 4.78 is 1.67. The second-order valence-corrected chi connectivity index (χ2v) is 4.94. The van der Waals surface area contributed by atoms with Gasteiger partial charge in [0.1, 0.15) is 0 Å². The maximum Gasteiger partial charge on any atom is 0.221 e. The number of carbonyl (C=O) groups is 1. The lowest BCUT2D eigenvalue weighted by molar-refractivity contribution is -0.120. The predicted molar refractivity (Wildman–Crippen MR) is 78.9 cm³/mol. The number of benzene rings is 1. The molecular weight excluding hydrogens is 274 g/mol. The van der Waals surface area contributed by atoms with E-state index in [4.69, 9.17) is 0 Å². The van der Waals surface area contributed by atoms with Gasteiger partial charge in [-0.15, -0.1) is 5.10 Å². The number of hydrogen-bond acceptors (Lipinski definition) is 5. The van der Waals surface area contributed by atoms with Gasteiger partial charge in [-0.05, 0) is 41.2 Å². The van der Waals surface area contributed by atoms with Crippen molar-refractivity contribution in [2.45, 2.75) is 26.8 Å². The average molecular weight is 291 g/mol. The maximum atomic E-state index is 11.5. The summed E-state index contributed by atoms with van der Waals surface area (Å²) in [4.78, 5) is 11.5. The van der Waals surface area contributed by atoms with Crippen molar-refractivity contribution in [3.8, 4) is 5.69 Å². The summed E-state index contributed by atoms with van der Waals surface area (Å²) in [5.41, 5.74) is 3.12. The highest BCUT2D eigenvalue weighted by Gasteiger charge is 2.13. The summed E-state index contributed by atoms with van der Waals surface area (Å²) in [6.07, 6.45) is 0.383. The van der Waals surface area contributed by atoms with Crippen LogP contribution >= 0.6 is 12.6 Å². The van der Waals surface area contributed by atoms with Gasteiger partial charge in [0.05, 0.1) is 12.2 Å². The highest BCUT2D eigenvalue weighted by Crippen LogP contribution is 2.18. The van der Waals surface area contributed by atoms with E-state index in [1.165, 1.54) is 0 Å². The quantitative estimate of drug-likeness (QED) is 0.812. The number of aryl methyl sites for hydroxylation is 2. The molecule has 0 unspecified atom stereocenters. The molecule has 0 aliphatic heterocycles. The van der Waals surface area contributed by atoms with Crippen LogP contribution < -0.4 is 5.32 Å². The van der Waals surface area contributed by atoms with Gasteiger partial charge in [-0.1, -0.05) is 18.2 Å². The Morgan fingerprint density at radius 1 is 1.35 bits per heavy atom. The number of aromatic nitrogens is 4. The van der Waals surface area contributed by atoms with Crippen LogP contribution in [0, 0.1) is 13.8 Å². The molecule has 0 saturated heterocycles. The topological polar surface area (TPSA) is 72.7 Å². The number of rotatable bonds is 5. The minimum Gasteiger partial charge on any atom is -0.349 e.